The maximum atomic E-state index is 11.4. The van der Waals surface area contributed by atoms with Crippen molar-refractivity contribution in [1.29, 1.82) is 5.26 Å². The highest BCUT2D eigenvalue weighted by Gasteiger charge is 2.21. The first-order valence-corrected chi connectivity index (χ1v) is 5.68. The summed E-state index contributed by atoms with van der Waals surface area (Å²) in [6, 6.07) is 11.3. The minimum atomic E-state index is -0.356. The zero-order valence-electron chi connectivity index (χ0n) is 9.97. The molecule has 0 aromatic heterocycles. The molecule has 0 spiro atoms. The van der Waals surface area contributed by atoms with Gasteiger partial charge in [-0.3, -0.25) is 4.79 Å². The number of hydrogen-bond donors (Lipinski definition) is 1. The lowest BCUT2D eigenvalue weighted by atomic mass is 10.1. The standard InChI is InChI=1S/C13H17N3O/c1-2-12(13(15)17)16(10-6-9-14)11-7-4-3-5-8-11/h3-5,7-8,12H,2,6,10H2,1H3,(H2,15,17). The van der Waals surface area contributed by atoms with E-state index in [4.69, 9.17) is 11.0 Å². The second-order valence-electron chi connectivity index (χ2n) is 3.76. The van der Waals surface area contributed by atoms with Crippen LogP contribution in [0.1, 0.15) is 19.8 Å². The minimum Gasteiger partial charge on any atom is -0.368 e. The molecule has 90 valence electrons. The first-order chi connectivity index (χ1) is 8.20. The lowest BCUT2D eigenvalue weighted by Gasteiger charge is -2.30. The number of nitriles is 1. The fraction of sp³-hybridized carbons (Fsp3) is 0.385. The van der Waals surface area contributed by atoms with Crippen molar-refractivity contribution < 1.29 is 4.79 Å². The highest BCUT2D eigenvalue weighted by Crippen LogP contribution is 2.18. The Kier molecular flexibility index (Phi) is 5.02. The molecule has 0 aliphatic carbocycles. The van der Waals surface area contributed by atoms with Crippen LogP contribution in [-0.2, 0) is 4.79 Å². The lowest BCUT2D eigenvalue weighted by Crippen LogP contribution is -2.45. The van der Waals surface area contributed by atoms with Crippen LogP contribution in [0.4, 0.5) is 5.69 Å². The molecule has 0 saturated heterocycles. The predicted molar refractivity (Wildman–Crippen MR) is 67.3 cm³/mol. The third kappa shape index (κ3) is 3.49. The van der Waals surface area contributed by atoms with Crippen molar-refractivity contribution in [3.05, 3.63) is 30.3 Å². The summed E-state index contributed by atoms with van der Waals surface area (Å²) in [5.41, 5.74) is 6.32. The molecule has 0 aliphatic rings. The fourth-order valence-corrected chi connectivity index (χ4v) is 1.83. The summed E-state index contributed by atoms with van der Waals surface area (Å²) >= 11 is 0. The second kappa shape index (κ2) is 6.54. The number of amides is 1. The van der Waals surface area contributed by atoms with Crippen LogP contribution in [0.25, 0.3) is 0 Å². The fourth-order valence-electron chi connectivity index (χ4n) is 1.83. The Morgan fingerprint density at radius 2 is 2.12 bits per heavy atom. The Morgan fingerprint density at radius 1 is 1.47 bits per heavy atom. The van der Waals surface area contributed by atoms with Gasteiger partial charge in [0.05, 0.1) is 12.5 Å². The van der Waals surface area contributed by atoms with Gasteiger partial charge in [-0.25, -0.2) is 0 Å². The van der Waals surface area contributed by atoms with Gasteiger partial charge < -0.3 is 10.6 Å². The molecule has 0 radical (unpaired) electrons. The number of para-hydroxylation sites is 1. The van der Waals surface area contributed by atoms with Crippen LogP contribution < -0.4 is 10.6 Å². The maximum absolute atomic E-state index is 11.4. The largest absolute Gasteiger partial charge is 0.368 e. The van der Waals surface area contributed by atoms with E-state index in [9.17, 15) is 4.79 Å². The van der Waals surface area contributed by atoms with Gasteiger partial charge in [-0.1, -0.05) is 25.1 Å². The summed E-state index contributed by atoms with van der Waals surface area (Å²) in [6.07, 6.45) is 1.01. The van der Waals surface area contributed by atoms with Gasteiger partial charge in [0, 0.05) is 12.2 Å². The SMILES string of the molecule is CCC(C(N)=O)N(CCC#N)c1ccccc1. The Hall–Kier alpha value is -2.02. The summed E-state index contributed by atoms with van der Waals surface area (Å²) in [7, 11) is 0. The van der Waals surface area contributed by atoms with E-state index in [0.717, 1.165) is 5.69 Å². The average molecular weight is 231 g/mol. The van der Waals surface area contributed by atoms with Gasteiger partial charge in [-0.2, -0.15) is 5.26 Å². The molecule has 17 heavy (non-hydrogen) atoms. The average Bonchev–Trinajstić information content (AvgIpc) is 2.35. The number of carbonyl (C=O) groups is 1. The van der Waals surface area contributed by atoms with Gasteiger partial charge in [-0.05, 0) is 18.6 Å². The van der Waals surface area contributed by atoms with E-state index in [1.165, 1.54) is 0 Å². The third-order valence-electron chi connectivity index (χ3n) is 2.64. The van der Waals surface area contributed by atoms with Crippen molar-refractivity contribution in [3.63, 3.8) is 0 Å². The topological polar surface area (TPSA) is 70.1 Å². The van der Waals surface area contributed by atoms with Crippen LogP contribution in [0.15, 0.2) is 30.3 Å². The molecule has 1 aromatic carbocycles. The molecule has 0 bridgehead atoms. The van der Waals surface area contributed by atoms with Crippen molar-refractivity contribution in [2.45, 2.75) is 25.8 Å². The minimum absolute atomic E-state index is 0.353. The smallest absolute Gasteiger partial charge is 0.240 e. The van der Waals surface area contributed by atoms with Gasteiger partial charge in [-0.15, -0.1) is 0 Å². The van der Waals surface area contributed by atoms with E-state index in [2.05, 4.69) is 6.07 Å². The second-order valence-corrected chi connectivity index (χ2v) is 3.76. The number of carbonyl (C=O) groups excluding carboxylic acids is 1. The molecule has 4 heteroatoms. The molecule has 1 aromatic rings. The normalized spacial score (nSPS) is 11.5. The van der Waals surface area contributed by atoms with E-state index in [-0.39, 0.29) is 11.9 Å². The van der Waals surface area contributed by atoms with E-state index in [1.807, 2.05) is 42.2 Å². The van der Waals surface area contributed by atoms with Crippen LogP contribution in [0, 0.1) is 11.3 Å². The number of anilines is 1. The monoisotopic (exact) mass is 231 g/mol. The summed E-state index contributed by atoms with van der Waals surface area (Å²) in [4.78, 5) is 13.3. The first kappa shape index (κ1) is 13.0. The molecular weight excluding hydrogens is 214 g/mol. The van der Waals surface area contributed by atoms with E-state index in [1.54, 1.807) is 0 Å². The number of nitrogens with two attached hydrogens (primary N) is 1. The van der Waals surface area contributed by atoms with E-state index in [0.29, 0.717) is 19.4 Å². The predicted octanol–water partition coefficient (Wildman–Crippen LogP) is 1.67. The zero-order chi connectivity index (χ0) is 12.7. The zero-order valence-corrected chi connectivity index (χ0v) is 9.97. The Balaban J connectivity index is 2.95. The number of hydrogen-bond acceptors (Lipinski definition) is 3. The Bertz CT molecular complexity index is 397. The van der Waals surface area contributed by atoms with E-state index < -0.39 is 0 Å². The first-order valence-electron chi connectivity index (χ1n) is 5.68. The highest BCUT2D eigenvalue weighted by molar-refractivity contribution is 5.83. The van der Waals surface area contributed by atoms with Crippen molar-refractivity contribution in [2.75, 3.05) is 11.4 Å². The molecule has 0 aliphatic heterocycles. The third-order valence-corrected chi connectivity index (χ3v) is 2.64. The summed E-state index contributed by atoms with van der Waals surface area (Å²) in [5.74, 6) is -0.353. The summed E-state index contributed by atoms with van der Waals surface area (Å²) < 4.78 is 0. The number of benzene rings is 1. The summed E-state index contributed by atoms with van der Waals surface area (Å²) in [6.45, 7) is 2.43. The highest BCUT2D eigenvalue weighted by atomic mass is 16.1. The molecule has 4 nitrogen and oxygen atoms in total. The van der Waals surface area contributed by atoms with Gasteiger partial charge in [0.2, 0.25) is 5.91 Å². The van der Waals surface area contributed by atoms with E-state index >= 15 is 0 Å². The van der Waals surface area contributed by atoms with Crippen molar-refractivity contribution >= 4 is 11.6 Å². The van der Waals surface area contributed by atoms with Gasteiger partial charge in [0.1, 0.15) is 6.04 Å². The van der Waals surface area contributed by atoms with Crippen molar-refractivity contribution in [2.24, 2.45) is 5.73 Å². The van der Waals surface area contributed by atoms with Gasteiger partial charge in [0.15, 0.2) is 0 Å². The van der Waals surface area contributed by atoms with Gasteiger partial charge in [0.25, 0.3) is 0 Å². The molecule has 1 unspecified atom stereocenters. The summed E-state index contributed by atoms with van der Waals surface area (Å²) in [5, 5.41) is 8.66. The van der Waals surface area contributed by atoms with Crippen LogP contribution in [0.5, 0.6) is 0 Å². The molecule has 0 saturated carbocycles. The molecule has 0 fully saturated rings. The molecule has 1 atom stereocenters. The van der Waals surface area contributed by atoms with Crippen LogP contribution in [0.2, 0.25) is 0 Å². The molecule has 1 amide bonds. The quantitative estimate of drug-likeness (QED) is 0.809. The Morgan fingerprint density at radius 3 is 2.59 bits per heavy atom. The van der Waals surface area contributed by atoms with Crippen LogP contribution in [-0.4, -0.2) is 18.5 Å². The molecule has 0 heterocycles. The van der Waals surface area contributed by atoms with Crippen molar-refractivity contribution in [3.8, 4) is 6.07 Å². The van der Waals surface area contributed by atoms with Crippen molar-refractivity contribution in [1.82, 2.24) is 0 Å². The molecule has 2 N–H and O–H groups in total. The van der Waals surface area contributed by atoms with Gasteiger partial charge >= 0.3 is 0 Å². The number of rotatable bonds is 6. The molecule has 1 rings (SSSR count). The van der Waals surface area contributed by atoms with Crippen LogP contribution in [0.3, 0.4) is 0 Å². The maximum Gasteiger partial charge on any atom is 0.240 e. The van der Waals surface area contributed by atoms with Crippen LogP contribution >= 0.6 is 0 Å². The number of primary amides is 1. The lowest BCUT2D eigenvalue weighted by molar-refractivity contribution is -0.119. The number of nitrogens with zero attached hydrogens (tertiary/aromatic N) is 2. The Labute approximate surface area is 102 Å². The molecular formula is C13H17N3O.